The fourth-order valence-electron chi connectivity index (χ4n) is 0.701. The van der Waals surface area contributed by atoms with E-state index in [9.17, 15) is 0 Å². The van der Waals surface area contributed by atoms with Crippen LogP contribution in [0.3, 0.4) is 0 Å². The molecule has 0 saturated heterocycles. The van der Waals surface area contributed by atoms with Crippen LogP contribution in [-0.4, -0.2) is 18.8 Å². The second-order valence-corrected chi connectivity index (χ2v) is 1.91. The highest BCUT2D eigenvalue weighted by atomic mass is 16.5. The quantitative estimate of drug-likeness (QED) is 0.523. The minimum Gasteiger partial charge on any atom is -0.332 e. The van der Waals surface area contributed by atoms with Crippen LogP contribution in [0.2, 0.25) is 0 Å². The Morgan fingerprint density at radius 1 is 1.80 bits per heavy atom. The van der Waals surface area contributed by atoms with Crippen molar-refractivity contribution in [1.82, 2.24) is 5.32 Å². The van der Waals surface area contributed by atoms with Crippen molar-refractivity contribution in [2.45, 2.75) is 12.9 Å². The van der Waals surface area contributed by atoms with E-state index in [1.807, 2.05) is 6.92 Å². The molecule has 0 fully saturated rings. The van der Waals surface area contributed by atoms with Gasteiger partial charge in [0.25, 0.3) is 5.97 Å². The second kappa shape index (κ2) is 2.81. The summed E-state index contributed by atoms with van der Waals surface area (Å²) in [5, 5.41) is 2.77. The first-order valence-electron chi connectivity index (χ1n) is 3.18. The van der Waals surface area contributed by atoms with Gasteiger partial charge in [-0.1, -0.05) is 0 Å². The highest BCUT2D eigenvalue weighted by Crippen LogP contribution is 2.02. The highest BCUT2D eigenvalue weighted by Gasteiger charge is 2.21. The largest absolute Gasteiger partial charge is 0.332 e. The molecule has 0 bridgehead atoms. The lowest BCUT2D eigenvalue weighted by molar-refractivity contribution is -0.0445. The lowest BCUT2D eigenvalue weighted by Gasteiger charge is -2.25. The predicted molar refractivity (Wildman–Crippen MR) is 39.3 cm³/mol. The Morgan fingerprint density at radius 3 is 3.10 bits per heavy atom. The molecule has 1 aliphatic heterocycles. The highest BCUT2D eigenvalue weighted by molar-refractivity contribution is 5.72. The smallest absolute Gasteiger partial charge is 0.297 e. The van der Waals surface area contributed by atoms with Crippen molar-refractivity contribution in [3.05, 3.63) is 12.3 Å². The van der Waals surface area contributed by atoms with E-state index in [0.717, 1.165) is 0 Å². The Labute approximate surface area is 59.8 Å². The van der Waals surface area contributed by atoms with Crippen LogP contribution in [0.25, 0.3) is 0 Å². The number of nitrogens with one attached hydrogen (secondary N) is 1. The standard InChI is InChI=1S/C6H11N3O/c1-2-10-6(7)8-4-3-5-9-6/h3-5,8H,2,7H2,1H3. The van der Waals surface area contributed by atoms with Crippen molar-refractivity contribution in [3.63, 3.8) is 0 Å². The molecule has 1 atom stereocenters. The first-order chi connectivity index (χ1) is 4.77. The summed E-state index contributed by atoms with van der Waals surface area (Å²) >= 11 is 0. The van der Waals surface area contributed by atoms with Crippen molar-refractivity contribution >= 4 is 6.21 Å². The van der Waals surface area contributed by atoms with Gasteiger partial charge in [0.2, 0.25) is 0 Å². The van der Waals surface area contributed by atoms with Gasteiger partial charge in [0.15, 0.2) is 0 Å². The Balaban J connectivity index is 2.52. The average Bonchev–Trinajstić information content (AvgIpc) is 1.89. The normalized spacial score (nSPS) is 30.2. The van der Waals surface area contributed by atoms with Crippen LogP contribution in [0.1, 0.15) is 6.92 Å². The van der Waals surface area contributed by atoms with E-state index in [1.54, 1.807) is 18.5 Å². The van der Waals surface area contributed by atoms with Gasteiger partial charge in [-0.05, 0) is 13.0 Å². The van der Waals surface area contributed by atoms with Gasteiger partial charge in [0, 0.05) is 19.0 Å². The van der Waals surface area contributed by atoms with E-state index in [1.165, 1.54) is 0 Å². The summed E-state index contributed by atoms with van der Waals surface area (Å²) in [6.45, 7) is 2.40. The van der Waals surface area contributed by atoms with Gasteiger partial charge in [0.05, 0.1) is 0 Å². The van der Waals surface area contributed by atoms with Crippen molar-refractivity contribution < 1.29 is 4.74 Å². The van der Waals surface area contributed by atoms with Gasteiger partial charge in [0.1, 0.15) is 0 Å². The van der Waals surface area contributed by atoms with E-state index in [0.29, 0.717) is 6.61 Å². The molecule has 0 radical (unpaired) electrons. The molecule has 56 valence electrons. The zero-order valence-corrected chi connectivity index (χ0v) is 5.87. The summed E-state index contributed by atoms with van der Waals surface area (Å²) in [5.41, 5.74) is 5.59. The lowest BCUT2D eigenvalue weighted by atomic mass is 10.5. The molecule has 1 aliphatic rings. The molecule has 3 N–H and O–H groups in total. The monoisotopic (exact) mass is 141 g/mol. The first-order valence-corrected chi connectivity index (χ1v) is 3.18. The summed E-state index contributed by atoms with van der Waals surface area (Å²) in [4.78, 5) is 3.88. The minimum absolute atomic E-state index is 0.536. The fourth-order valence-corrected chi connectivity index (χ4v) is 0.701. The van der Waals surface area contributed by atoms with Crippen LogP contribution < -0.4 is 11.1 Å². The van der Waals surface area contributed by atoms with Gasteiger partial charge in [-0.15, -0.1) is 0 Å². The number of rotatable bonds is 2. The Morgan fingerprint density at radius 2 is 2.60 bits per heavy atom. The first kappa shape index (κ1) is 7.24. The summed E-state index contributed by atoms with van der Waals surface area (Å²) in [6.07, 6.45) is 5.05. The number of nitrogens with zero attached hydrogens (tertiary/aromatic N) is 1. The SMILES string of the molecule is CCOC1(N)N=CC=CN1. The molecule has 0 aliphatic carbocycles. The lowest BCUT2D eigenvalue weighted by Crippen LogP contribution is -2.52. The molecule has 10 heavy (non-hydrogen) atoms. The molecular formula is C6H11N3O. The summed E-state index contributed by atoms with van der Waals surface area (Å²) in [7, 11) is 0. The van der Waals surface area contributed by atoms with Gasteiger partial charge < -0.3 is 10.1 Å². The zero-order chi connectivity index (χ0) is 7.45. The number of hydrogen-bond donors (Lipinski definition) is 2. The molecule has 1 unspecified atom stereocenters. The van der Waals surface area contributed by atoms with E-state index in [4.69, 9.17) is 10.5 Å². The number of allylic oxidation sites excluding steroid dienone is 1. The van der Waals surface area contributed by atoms with Crippen LogP contribution in [0.5, 0.6) is 0 Å². The van der Waals surface area contributed by atoms with Crippen molar-refractivity contribution in [2.24, 2.45) is 10.7 Å². The zero-order valence-electron chi connectivity index (χ0n) is 5.87. The van der Waals surface area contributed by atoms with Crippen molar-refractivity contribution in [1.29, 1.82) is 0 Å². The minimum atomic E-state index is -1.04. The molecule has 0 aromatic carbocycles. The average molecular weight is 141 g/mol. The Hall–Kier alpha value is -0.870. The number of nitrogens with two attached hydrogens (primary N) is 1. The van der Waals surface area contributed by atoms with Crippen LogP contribution in [0.4, 0.5) is 0 Å². The Bertz CT molecular complexity index is 166. The van der Waals surface area contributed by atoms with E-state index in [-0.39, 0.29) is 0 Å². The topological polar surface area (TPSA) is 59.6 Å². The summed E-state index contributed by atoms with van der Waals surface area (Å²) in [5.74, 6) is -1.04. The number of aliphatic imine (C=N–C) groups is 1. The maximum absolute atomic E-state index is 5.59. The molecule has 0 saturated carbocycles. The van der Waals surface area contributed by atoms with Gasteiger partial charge in [-0.3, -0.25) is 5.73 Å². The van der Waals surface area contributed by atoms with Gasteiger partial charge in [-0.25, -0.2) is 4.99 Å². The molecule has 0 spiro atoms. The third-order valence-electron chi connectivity index (χ3n) is 1.10. The fraction of sp³-hybridized carbons (Fsp3) is 0.500. The summed E-state index contributed by atoms with van der Waals surface area (Å²) < 4.78 is 5.09. The number of hydrogen-bond acceptors (Lipinski definition) is 4. The molecule has 0 aromatic rings. The molecule has 0 aromatic heterocycles. The maximum atomic E-state index is 5.59. The summed E-state index contributed by atoms with van der Waals surface area (Å²) in [6, 6.07) is 0. The van der Waals surface area contributed by atoms with Crippen molar-refractivity contribution in [3.8, 4) is 0 Å². The molecular weight excluding hydrogens is 130 g/mol. The number of ether oxygens (including phenoxy) is 1. The molecule has 4 nitrogen and oxygen atoms in total. The molecule has 1 rings (SSSR count). The van der Waals surface area contributed by atoms with Crippen LogP contribution in [-0.2, 0) is 4.74 Å². The van der Waals surface area contributed by atoms with E-state index in [2.05, 4.69) is 10.3 Å². The van der Waals surface area contributed by atoms with Crippen LogP contribution in [0.15, 0.2) is 17.3 Å². The van der Waals surface area contributed by atoms with Crippen LogP contribution >= 0.6 is 0 Å². The third-order valence-corrected chi connectivity index (χ3v) is 1.10. The molecule has 0 amide bonds. The van der Waals surface area contributed by atoms with E-state index < -0.39 is 5.97 Å². The molecule has 4 heteroatoms. The maximum Gasteiger partial charge on any atom is 0.297 e. The van der Waals surface area contributed by atoms with Gasteiger partial charge >= 0.3 is 0 Å². The van der Waals surface area contributed by atoms with Gasteiger partial charge in [-0.2, -0.15) is 0 Å². The predicted octanol–water partition coefficient (Wildman–Crippen LogP) is -0.219. The Kier molecular flexibility index (Phi) is 2.03. The second-order valence-electron chi connectivity index (χ2n) is 1.91. The van der Waals surface area contributed by atoms with Crippen molar-refractivity contribution in [2.75, 3.05) is 6.61 Å². The van der Waals surface area contributed by atoms with E-state index >= 15 is 0 Å². The van der Waals surface area contributed by atoms with Crippen LogP contribution in [0, 0.1) is 0 Å². The molecule has 1 heterocycles. The third kappa shape index (κ3) is 1.55.